The molecular formula is C21H31N3O3. The van der Waals surface area contributed by atoms with Crippen molar-refractivity contribution in [1.29, 1.82) is 0 Å². The second kappa shape index (κ2) is 7.89. The number of aromatic nitrogens is 2. The highest BCUT2D eigenvalue weighted by Gasteiger charge is 2.37. The minimum Gasteiger partial charge on any atom is -0.497 e. The molecule has 0 bridgehead atoms. The number of hydrogen-bond acceptors (Lipinski definition) is 4. The van der Waals surface area contributed by atoms with E-state index in [0.717, 1.165) is 19.3 Å². The highest BCUT2D eigenvalue weighted by atomic mass is 16.5. The van der Waals surface area contributed by atoms with Gasteiger partial charge in [0.15, 0.2) is 0 Å². The first-order valence-electron chi connectivity index (χ1n) is 9.92. The van der Waals surface area contributed by atoms with Crippen LogP contribution in [-0.2, 0) is 6.54 Å². The van der Waals surface area contributed by atoms with E-state index < -0.39 is 0 Å². The maximum Gasteiger partial charge on any atom is 0.336 e. The van der Waals surface area contributed by atoms with Crippen LogP contribution < -0.4 is 16.2 Å². The highest BCUT2D eigenvalue weighted by Crippen LogP contribution is 2.39. The van der Waals surface area contributed by atoms with Gasteiger partial charge in [-0.15, -0.1) is 0 Å². The Morgan fingerprint density at radius 1 is 1.30 bits per heavy atom. The van der Waals surface area contributed by atoms with E-state index in [1.807, 2.05) is 0 Å². The smallest absolute Gasteiger partial charge is 0.336 e. The van der Waals surface area contributed by atoms with Crippen molar-refractivity contribution in [3.63, 3.8) is 0 Å². The van der Waals surface area contributed by atoms with E-state index in [0.29, 0.717) is 47.6 Å². The third kappa shape index (κ3) is 3.55. The van der Waals surface area contributed by atoms with Crippen LogP contribution >= 0.6 is 0 Å². The van der Waals surface area contributed by atoms with Crippen LogP contribution in [-0.4, -0.2) is 28.7 Å². The summed E-state index contributed by atoms with van der Waals surface area (Å²) in [6.45, 7) is 7.25. The average Bonchev–Trinajstić information content (AvgIpc) is 2.92. The molecule has 1 fully saturated rings. The lowest BCUT2D eigenvalue weighted by Gasteiger charge is -2.36. The van der Waals surface area contributed by atoms with Crippen LogP contribution in [0.5, 0.6) is 5.75 Å². The molecule has 1 aliphatic carbocycles. The van der Waals surface area contributed by atoms with Gasteiger partial charge in [0.2, 0.25) is 5.91 Å². The van der Waals surface area contributed by atoms with Gasteiger partial charge in [-0.2, -0.15) is 0 Å². The van der Waals surface area contributed by atoms with E-state index in [9.17, 15) is 9.59 Å². The van der Waals surface area contributed by atoms with Crippen molar-refractivity contribution >= 4 is 16.9 Å². The van der Waals surface area contributed by atoms with E-state index in [4.69, 9.17) is 10.5 Å². The Kier molecular flexibility index (Phi) is 5.75. The van der Waals surface area contributed by atoms with Crippen molar-refractivity contribution in [1.82, 2.24) is 9.13 Å². The van der Waals surface area contributed by atoms with Gasteiger partial charge in [0.1, 0.15) is 5.75 Å². The summed E-state index contributed by atoms with van der Waals surface area (Å²) in [5.41, 5.74) is 6.75. The summed E-state index contributed by atoms with van der Waals surface area (Å²) in [4.78, 5) is 26.7. The minimum atomic E-state index is -0.297. The quantitative estimate of drug-likeness (QED) is 0.873. The van der Waals surface area contributed by atoms with Gasteiger partial charge in [0, 0.05) is 25.1 Å². The highest BCUT2D eigenvalue weighted by molar-refractivity contribution is 5.92. The van der Waals surface area contributed by atoms with Crippen molar-refractivity contribution in [2.75, 3.05) is 13.7 Å². The van der Waals surface area contributed by atoms with Crippen LogP contribution in [0.25, 0.3) is 11.0 Å². The minimum absolute atomic E-state index is 0.0730. The monoisotopic (exact) mass is 373 g/mol. The van der Waals surface area contributed by atoms with Gasteiger partial charge in [0.05, 0.1) is 18.1 Å². The summed E-state index contributed by atoms with van der Waals surface area (Å²) < 4.78 is 8.27. The fourth-order valence-corrected chi connectivity index (χ4v) is 4.57. The molecular weight excluding hydrogens is 342 g/mol. The predicted molar refractivity (Wildman–Crippen MR) is 107 cm³/mol. The largest absolute Gasteiger partial charge is 0.497 e. The molecule has 0 aliphatic heterocycles. The Morgan fingerprint density at radius 3 is 2.67 bits per heavy atom. The lowest BCUT2D eigenvalue weighted by atomic mass is 9.69. The molecule has 1 heterocycles. The molecule has 148 valence electrons. The lowest BCUT2D eigenvalue weighted by molar-refractivity contribution is 0.0633. The first-order chi connectivity index (χ1) is 12.9. The van der Waals surface area contributed by atoms with Crippen molar-refractivity contribution in [2.24, 2.45) is 29.4 Å². The molecule has 27 heavy (non-hydrogen) atoms. The van der Waals surface area contributed by atoms with Crippen LogP contribution in [0.4, 0.5) is 0 Å². The number of nitrogens with two attached hydrogens (primary N) is 1. The van der Waals surface area contributed by atoms with Crippen molar-refractivity contribution < 1.29 is 9.53 Å². The molecule has 1 aliphatic rings. The zero-order valence-corrected chi connectivity index (χ0v) is 16.8. The van der Waals surface area contributed by atoms with Gasteiger partial charge in [-0.3, -0.25) is 9.36 Å². The van der Waals surface area contributed by atoms with Crippen molar-refractivity contribution in [3.8, 4) is 5.75 Å². The molecule has 1 aromatic heterocycles. The molecule has 0 spiro atoms. The fraction of sp³-hybridized carbons (Fsp3) is 0.619. The Labute approximate surface area is 160 Å². The molecule has 3 atom stereocenters. The number of carbonyl (C=O) groups excluding carboxylic acids is 1. The van der Waals surface area contributed by atoms with Gasteiger partial charge in [-0.05, 0) is 42.7 Å². The second-order valence-electron chi connectivity index (χ2n) is 8.18. The number of rotatable bonds is 5. The number of benzene rings is 1. The van der Waals surface area contributed by atoms with Crippen LogP contribution in [0.2, 0.25) is 0 Å². The average molecular weight is 373 g/mol. The van der Waals surface area contributed by atoms with E-state index in [2.05, 4.69) is 20.8 Å². The van der Waals surface area contributed by atoms with Gasteiger partial charge in [-0.1, -0.05) is 27.2 Å². The zero-order valence-electron chi connectivity index (χ0n) is 16.8. The summed E-state index contributed by atoms with van der Waals surface area (Å²) in [5, 5.41) is 0. The molecule has 0 radical (unpaired) electrons. The van der Waals surface area contributed by atoms with Crippen LogP contribution in [0.15, 0.2) is 23.0 Å². The van der Waals surface area contributed by atoms with E-state index in [1.54, 1.807) is 29.9 Å². The number of nitrogens with zero attached hydrogens (tertiary/aromatic N) is 2. The summed E-state index contributed by atoms with van der Waals surface area (Å²) >= 11 is 0. The molecule has 6 nitrogen and oxygen atoms in total. The number of ether oxygens (including phenoxy) is 1. The maximum atomic E-state index is 13.6. The Morgan fingerprint density at radius 2 is 2.04 bits per heavy atom. The predicted octanol–water partition coefficient (Wildman–Crippen LogP) is 3.12. The number of fused-ring (bicyclic) bond motifs is 1. The third-order valence-electron chi connectivity index (χ3n) is 6.05. The van der Waals surface area contributed by atoms with E-state index in [1.165, 1.54) is 4.57 Å². The molecule has 2 aromatic rings. The zero-order chi connectivity index (χ0) is 19.7. The topological polar surface area (TPSA) is 79.2 Å². The van der Waals surface area contributed by atoms with Crippen LogP contribution in [0.3, 0.4) is 0 Å². The van der Waals surface area contributed by atoms with Crippen LogP contribution in [0.1, 0.15) is 44.8 Å². The molecule has 0 saturated heterocycles. The van der Waals surface area contributed by atoms with E-state index >= 15 is 0 Å². The number of methoxy groups -OCH3 is 1. The summed E-state index contributed by atoms with van der Waals surface area (Å²) in [7, 11) is 1.59. The van der Waals surface area contributed by atoms with Gasteiger partial charge >= 0.3 is 5.69 Å². The third-order valence-corrected chi connectivity index (χ3v) is 6.05. The molecule has 1 aromatic carbocycles. The van der Waals surface area contributed by atoms with Gasteiger partial charge < -0.3 is 10.5 Å². The molecule has 6 heteroatoms. The van der Waals surface area contributed by atoms with Crippen molar-refractivity contribution in [2.45, 2.75) is 46.6 Å². The summed E-state index contributed by atoms with van der Waals surface area (Å²) in [5.74, 6) is 1.69. The van der Waals surface area contributed by atoms with Gasteiger partial charge in [-0.25, -0.2) is 9.36 Å². The maximum absolute atomic E-state index is 13.6. The Hall–Kier alpha value is -2.08. The standard InChI is InChI=1S/C21H31N3O3/c1-13(2)16-7-5-14(3)11-17(16)20(25)24-18-8-6-15(27-4)12-19(18)23(10-9-22)21(24)26/h6,8,12-14,16-17H,5,7,9-11,22H2,1-4H3. The molecule has 2 N–H and O–H groups in total. The van der Waals surface area contributed by atoms with Gasteiger partial charge in [0.25, 0.3) is 0 Å². The molecule has 3 unspecified atom stereocenters. The first kappa shape index (κ1) is 19.7. The molecule has 1 saturated carbocycles. The number of hydrogen-bond donors (Lipinski definition) is 1. The lowest BCUT2D eigenvalue weighted by Crippen LogP contribution is -2.40. The SMILES string of the molecule is COc1ccc2c(c1)n(CCN)c(=O)n2C(=O)C1CC(C)CCC1C(C)C. The normalized spacial score (nSPS) is 23.1. The fourth-order valence-electron chi connectivity index (χ4n) is 4.57. The molecule has 3 rings (SSSR count). The number of carbonyl (C=O) groups is 1. The van der Waals surface area contributed by atoms with Crippen molar-refractivity contribution in [3.05, 3.63) is 28.7 Å². The molecule has 0 amide bonds. The van der Waals surface area contributed by atoms with E-state index in [-0.39, 0.29) is 17.5 Å². The first-order valence-corrected chi connectivity index (χ1v) is 9.92. The Bertz CT molecular complexity index is 881. The summed E-state index contributed by atoms with van der Waals surface area (Å²) in [6.07, 6.45) is 3.03. The Balaban J connectivity index is 2.13. The van der Waals surface area contributed by atoms with Crippen LogP contribution in [0, 0.1) is 23.7 Å². The second-order valence-corrected chi connectivity index (χ2v) is 8.18. The number of imidazole rings is 1. The summed E-state index contributed by atoms with van der Waals surface area (Å²) in [6, 6.07) is 5.40.